The number of benzene rings is 2. The van der Waals surface area contributed by atoms with Crippen molar-refractivity contribution in [3.63, 3.8) is 0 Å². The highest BCUT2D eigenvalue weighted by Gasteiger charge is 2.07. The zero-order valence-corrected chi connectivity index (χ0v) is 15.4. The Morgan fingerprint density at radius 2 is 1.67 bits per heavy atom. The topological polar surface area (TPSA) is 76.1 Å². The fourth-order valence-electron chi connectivity index (χ4n) is 2.49. The van der Waals surface area contributed by atoms with Gasteiger partial charge in [-0.25, -0.2) is 9.97 Å². The van der Waals surface area contributed by atoms with E-state index in [9.17, 15) is 4.79 Å². The minimum atomic E-state index is -0.189. The maximum Gasteiger partial charge on any atom is 0.254 e. The number of anilines is 2. The number of nitrogens with zero attached hydrogens (tertiary/aromatic N) is 2. The molecule has 27 heavy (non-hydrogen) atoms. The Hall–Kier alpha value is -3.41. The Labute approximate surface area is 158 Å². The van der Waals surface area contributed by atoms with E-state index in [1.165, 1.54) is 18.0 Å². The molecule has 0 fully saturated rings. The van der Waals surface area contributed by atoms with Crippen molar-refractivity contribution < 1.29 is 9.53 Å². The Bertz CT molecular complexity index is 876. The second-order valence-electron chi connectivity index (χ2n) is 6.14. The molecule has 0 saturated carbocycles. The van der Waals surface area contributed by atoms with Crippen LogP contribution in [-0.2, 0) is 6.42 Å². The summed E-state index contributed by atoms with van der Waals surface area (Å²) in [7, 11) is 1.64. The van der Waals surface area contributed by atoms with Gasteiger partial charge in [0.05, 0.1) is 12.7 Å². The highest BCUT2D eigenvalue weighted by Crippen LogP contribution is 2.13. The summed E-state index contributed by atoms with van der Waals surface area (Å²) in [6.45, 7) is 2.57. The van der Waals surface area contributed by atoms with E-state index >= 15 is 0 Å². The van der Waals surface area contributed by atoms with Crippen molar-refractivity contribution in [2.45, 2.75) is 13.3 Å². The maximum atomic E-state index is 12.2. The number of hydrogen-bond donors (Lipinski definition) is 2. The van der Waals surface area contributed by atoms with Crippen LogP contribution in [0.2, 0.25) is 0 Å². The molecule has 2 aromatic carbocycles. The van der Waals surface area contributed by atoms with Gasteiger partial charge in [-0.3, -0.25) is 4.79 Å². The molecule has 3 rings (SSSR count). The molecule has 1 aromatic heterocycles. The molecule has 0 radical (unpaired) electrons. The van der Waals surface area contributed by atoms with Gasteiger partial charge in [0, 0.05) is 24.6 Å². The quantitative estimate of drug-likeness (QED) is 0.673. The standard InChI is InChI=1S/C21H22N4O2/c1-15-3-7-18(8-4-15)25-21-23-13-17(14-24-21)20(26)22-12-11-16-5-9-19(27-2)10-6-16/h3-10,13-14H,11-12H2,1-2H3,(H,22,26)(H,23,24,25). The van der Waals surface area contributed by atoms with Crippen LogP contribution in [0.15, 0.2) is 60.9 Å². The van der Waals surface area contributed by atoms with Gasteiger partial charge in [-0.1, -0.05) is 29.8 Å². The average Bonchev–Trinajstić information content (AvgIpc) is 2.71. The van der Waals surface area contributed by atoms with Gasteiger partial charge in [-0.2, -0.15) is 0 Å². The molecular formula is C21H22N4O2. The number of amides is 1. The zero-order chi connectivity index (χ0) is 19.1. The molecule has 0 spiro atoms. The highest BCUT2D eigenvalue weighted by atomic mass is 16.5. The molecule has 0 atom stereocenters. The van der Waals surface area contributed by atoms with Gasteiger partial charge < -0.3 is 15.4 Å². The van der Waals surface area contributed by atoms with Crippen molar-refractivity contribution in [1.82, 2.24) is 15.3 Å². The lowest BCUT2D eigenvalue weighted by Gasteiger charge is -2.07. The van der Waals surface area contributed by atoms with Gasteiger partial charge in [0.25, 0.3) is 5.91 Å². The summed E-state index contributed by atoms with van der Waals surface area (Å²) in [5.41, 5.74) is 3.64. The van der Waals surface area contributed by atoms with E-state index in [-0.39, 0.29) is 5.91 Å². The van der Waals surface area contributed by atoms with Crippen LogP contribution in [0, 0.1) is 6.92 Å². The van der Waals surface area contributed by atoms with Crippen LogP contribution in [-0.4, -0.2) is 29.5 Å². The summed E-state index contributed by atoms with van der Waals surface area (Å²) in [6, 6.07) is 15.7. The van der Waals surface area contributed by atoms with E-state index in [1.54, 1.807) is 7.11 Å². The number of carbonyl (C=O) groups is 1. The largest absolute Gasteiger partial charge is 0.497 e. The molecular weight excluding hydrogens is 340 g/mol. The van der Waals surface area contributed by atoms with Crippen molar-refractivity contribution in [1.29, 1.82) is 0 Å². The van der Waals surface area contributed by atoms with E-state index in [0.717, 1.165) is 23.4 Å². The van der Waals surface area contributed by atoms with E-state index < -0.39 is 0 Å². The molecule has 0 aliphatic rings. The normalized spacial score (nSPS) is 10.3. The predicted molar refractivity (Wildman–Crippen MR) is 106 cm³/mol. The first-order valence-electron chi connectivity index (χ1n) is 8.71. The molecule has 0 aliphatic heterocycles. The van der Waals surface area contributed by atoms with Crippen LogP contribution in [0.3, 0.4) is 0 Å². The monoisotopic (exact) mass is 362 g/mol. The number of carbonyl (C=O) groups excluding carboxylic acids is 1. The number of aromatic nitrogens is 2. The molecule has 1 heterocycles. The second kappa shape index (κ2) is 8.80. The van der Waals surface area contributed by atoms with Crippen molar-refractivity contribution in [2.24, 2.45) is 0 Å². The molecule has 138 valence electrons. The third-order valence-electron chi connectivity index (χ3n) is 4.08. The van der Waals surface area contributed by atoms with Crippen LogP contribution < -0.4 is 15.4 Å². The molecule has 2 N–H and O–H groups in total. The number of nitrogens with one attached hydrogen (secondary N) is 2. The molecule has 0 unspecified atom stereocenters. The highest BCUT2D eigenvalue weighted by molar-refractivity contribution is 5.93. The Morgan fingerprint density at radius 3 is 2.30 bits per heavy atom. The van der Waals surface area contributed by atoms with Crippen molar-refractivity contribution >= 4 is 17.5 Å². The van der Waals surface area contributed by atoms with Gasteiger partial charge in [0.15, 0.2) is 0 Å². The average molecular weight is 362 g/mol. The van der Waals surface area contributed by atoms with Crippen LogP contribution >= 0.6 is 0 Å². The minimum absolute atomic E-state index is 0.189. The van der Waals surface area contributed by atoms with Crippen LogP contribution in [0.5, 0.6) is 5.75 Å². The number of hydrogen-bond acceptors (Lipinski definition) is 5. The third-order valence-corrected chi connectivity index (χ3v) is 4.08. The molecule has 0 saturated heterocycles. The fraction of sp³-hybridized carbons (Fsp3) is 0.190. The van der Waals surface area contributed by atoms with E-state index in [2.05, 4.69) is 20.6 Å². The summed E-state index contributed by atoms with van der Waals surface area (Å²) >= 11 is 0. The Kier molecular flexibility index (Phi) is 5.99. The Morgan fingerprint density at radius 1 is 1.00 bits per heavy atom. The summed E-state index contributed by atoms with van der Waals surface area (Å²) < 4.78 is 5.13. The zero-order valence-electron chi connectivity index (χ0n) is 15.4. The molecule has 0 aliphatic carbocycles. The second-order valence-corrected chi connectivity index (χ2v) is 6.14. The van der Waals surface area contributed by atoms with Gasteiger partial charge in [-0.05, 0) is 43.2 Å². The van der Waals surface area contributed by atoms with Crippen LogP contribution in [0.1, 0.15) is 21.5 Å². The van der Waals surface area contributed by atoms with Gasteiger partial charge in [0.1, 0.15) is 5.75 Å². The summed E-state index contributed by atoms with van der Waals surface area (Å²) in [5, 5.41) is 5.99. The molecule has 6 heteroatoms. The van der Waals surface area contributed by atoms with Gasteiger partial charge in [0.2, 0.25) is 5.95 Å². The Balaban J connectivity index is 1.50. The lowest BCUT2D eigenvalue weighted by Crippen LogP contribution is -2.26. The number of rotatable bonds is 7. The smallest absolute Gasteiger partial charge is 0.254 e. The van der Waals surface area contributed by atoms with Crippen molar-refractivity contribution in [3.05, 3.63) is 77.6 Å². The van der Waals surface area contributed by atoms with E-state index in [4.69, 9.17) is 4.74 Å². The molecule has 6 nitrogen and oxygen atoms in total. The fourth-order valence-corrected chi connectivity index (χ4v) is 2.49. The van der Waals surface area contributed by atoms with E-state index in [1.807, 2.05) is 55.5 Å². The summed E-state index contributed by atoms with van der Waals surface area (Å²) in [5.74, 6) is 1.08. The van der Waals surface area contributed by atoms with Gasteiger partial charge in [-0.15, -0.1) is 0 Å². The van der Waals surface area contributed by atoms with Crippen LogP contribution in [0.4, 0.5) is 11.6 Å². The number of methoxy groups -OCH3 is 1. The summed E-state index contributed by atoms with van der Waals surface area (Å²) in [6.07, 6.45) is 3.78. The van der Waals surface area contributed by atoms with Crippen LogP contribution in [0.25, 0.3) is 0 Å². The predicted octanol–water partition coefficient (Wildman–Crippen LogP) is 3.51. The SMILES string of the molecule is COc1ccc(CCNC(=O)c2cnc(Nc3ccc(C)cc3)nc2)cc1. The lowest BCUT2D eigenvalue weighted by molar-refractivity contribution is 0.0953. The van der Waals surface area contributed by atoms with Crippen molar-refractivity contribution in [3.8, 4) is 5.75 Å². The summed E-state index contributed by atoms with van der Waals surface area (Å²) in [4.78, 5) is 20.6. The number of aryl methyl sites for hydroxylation is 1. The molecule has 1 amide bonds. The number of ether oxygens (including phenoxy) is 1. The van der Waals surface area contributed by atoms with E-state index in [0.29, 0.717) is 18.1 Å². The third kappa shape index (κ3) is 5.28. The lowest BCUT2D eigenvalue weighted by atomic mass is 10.1. The first-order valence-corrected chi connectivity index (χ1v) is 8.71. The van der Waals surface area contributed by atoms with Crippen molar-refractivity contribution in [2.75, 3.05) is 19.0 Å². The maximum absolute atomic E-state index is 12.2. The van der Waals surface area contributed by atoms with Gasteiger partial charge >= 0.3 is 0 Å². The minimum Gasteiger partial charge on any atom is -0.497 e. The first kappa shape index (κ1) is 18.4. The molecule has 3 aromatic rings. The first-order chi connectivity index (χ1) is 13.1. The molecule has 0 bridgehead atoms.